The Kier molecular flexibility index (Phi) is 2.85. The third-order valence-electron chi connectivity index (χ3n) is 4.79. The van der Waals surface area contributed by atoms with E-state index in [1.54, 1.807) is 0 Å². The van der Waals surface area contributed by atoms with Crippen molar-refractivity contribution in [1.29, 1.82) is 0 Å². The van der Waals surface area contributed by atoms with Crippen LogP contribution in [0.1, 0.15) is 44.6 Å². The summed E-state index contributed by atoms with van der Waals surface area (Å²) in [5.41, 5.74) is -1.66. The minimum Gasteiger partial charge on any atom is -0.393 e. The molecule has 2 saturated carbocycles. The van der Waals surface area contributed by atoms with Gasteiger partial charge in [0.15, 0.2) is 0 Å². The molecule has 0 radical (unpaired) electrons. The summed E-state index contributed by atoms with van der Waals surface area (Å²) in [6.07, 6.45) is 5.72. The topological polar surface area (TPSA) is 75.1 Å². The van der Waals surface area contributed by atoms with Gasteiger partial charge >= 0.3 is 5.69 Å². The number of halogens is 1. The molecular weight excluding hydrogens is 251 g/mol. The number of rotatable bonds is 1. The molecule has 0 amide bonds. The number of aliphatic hydroxyl groups excluding tert-OH is 1. The summed E-state index contributed by atoms with van der Waals surface area (Å²) in [5.74, 6) is -0.937. The van der Waals surface area contributed by atoms with E-state index in [1.165, 1.54) is 4.57 Å². The molecule has 2 fully saturated rings. The molecule has 3 atom stereocenters. The van der Waals surface area contributed by atoms with Crippen LogP contribution in [0.25, 0.3) is 0 Å². The second-order valence-corrected chi connectivity index (χ2v) is 5.81. The number of aromatic nitrogens is 2. The quantitative estimate of drug-likeness (QED) is 0.795. The molecule has 1 aromatic rings. The van der Waals surface area contributed by atoms with E-state index in [1.807, 2.05) is 4.98 Å². The molecule has 0 saturated heterocycles. The Balaban J connectivity index is 1.91. The van der Waals surface area contributed by atoms with E-state index in [0.29, 0.717) is 6.42 Å². The Morgan fingerprint density at radius 2 is 2.16 bits per heavy atom. The average molecular weight is 268 g/mol. The van der Waals surface area contributed by atoms with Crippen LogP contribution in [0.15, 0.2) is 15.8 Å². The van der Waals surface area contributed by atoms with E-state index >= 15 is 0 Å². The fraction of sp³-hybridized carbons (Fsp3) is 0.692. The van der Waals surface area contributed by atoms with E-state index in [4.69, 9.17) is 0 Å². The summed E-state index contributed by atoms with van der Waals surface area (Å²) in [6, 6.07) is -0.133. The van der Waals surface area contributed by atoms with E-state index in [2.05, 4.69) is 0 Å². The Bertz CT molecular complexity index is 609. The molecule has 104 valence electrons. The van der Waals surface area contributed by atoms with Crippen LogP contribution in [0.3, 0.4) is 0 Å². The van der Waals surface area contributed by atoms with E-state index in [-0.39, 0.29) is 17.6 Å². The molecule has 2 N–H and O–H groups in total. The van der Waals surface area contributed by atoms with Crippen LogP contribution in [0.4, 0.5) is 4.39 Å². The van der Waals surface area contributed by atoms with Gasteiger partial charge in [0.1, 0.15) is 0 Å². The number of nitrogens with one attached hydrogen (secondary N) is 1. The van der Waals surface area contributed by atoms with Gasteiger partial charge in [0.25, 0.3) is 5.56 Å². The summed E-state index contributed by atoms with van der Waals surface area (Å²) in [7, 11) is 0. The van der Waals surface area contributed by atoms with Gasteiger partial charge in [-0.3, -0.25) is 14.3 Å². The standard InChI is InChI=1S/C13H17FN2O3/c14-9-7-16(12(19)15-11(9)18)8-3-5-13(6-8)4-1-2-10(13)17/h7-8,10,17H,1-6H2,(H,15,18,19)/t8-,10-,13+/m0/s1. The molecule has 3 rings (SSSR count). The van der Waals surface area contributed by atoms with Crippen LogP contribution in [0, 0.1) is 11.2 Å². The molecule has 2 aliphatic rings. The molecule has 1 aromatic heterocycles. The minimum atomic E-state index is -0.977. The first-order valence-electron chi connectivity index (χ1n) is 6.71. The largest absolute Gasteiger partial charge is 0.393 e. The maximum absolute atomic E-state index is 13.3. The van der Waals surface area contributed by atoms with Gasteiger partial charge in [0.05, 0.1) is 12.3 Å². The van der Waals surface area contributed by atoms with Crippen molar-refractivity contribution in [1.82, 2.24) is 9.55 Å². The highest BCUT2D eigenvalue weighted by Gasteiger charge is 2.47. The second-order valence-electron chi connectivity index (χ2n) is 5.81. The number of hydrogen-bond donors (Lipinski definition) is 2. The molecule has 0 aromatic carbocycles. The van der Waals surface area contributed by atoms with Crippen LogP contribution in [0.5, 0.6) is 0 Å². The van der Waals surface area contributed by atoms with Crippen molar-refractivity contribution in [2.24, 2.45) is 5.41 Å². The van der Waals surface area contributed by atoms with Gasteiger partial charge < -0.3 is 5.11 Å². The number of H-pyrrole nitrogens is 1. The molecule has 0 bridgehead atoms. The van der Waals surface area contributed by atoms with Crippen molar-refractivity contribution in [3.05, 3.63) is 32.9 Å². The number of aliphatic hydroxyl groups is 1. The maximum atomic E-state index is 13.3. The zero-order chi connectivity index (χ0) is 13.6. The van der Waals surface area contributed by atoms with Crippen molar-refractivity contribution in [2.45, 2.75) is 50.7 Å². The molecule has 1 spiro atoms. The van der Waals surface area contributed by atoms with Crippen molar-refractivity contribution >= 4 is 0 Å². The third-order valence-corrected chi connectivity index (χ3v) is 4.79. The van der Waals surface area contributed by atoms with Crippen LogP contribution in [0.2, 0.25) is 0 Å². The summed E-state index contributed by atoms with van der Waals surface area (Å²) < 4.78 is 14.6. The van der Waals surface area contributed by atoms with E-state index in [9.17, 15) is 19.1 Å². The van der Waals surface area contributed by atoms with Gasteiger partial charge in [-0.25, -0.2) is 4.79 Å². The maximum Gasteiger partial charge on any atom is 0.328 e. The fourth-order valence-electron chi connectivity index (χ4n) is 3.75. The predicted octanol–water partition coefficient (Wildman–Crippen LogP) is 0.932. The van der Waals surface area contributed by atoms with Crippen LogP contribution < -0.4 is 11.2 Å². The first kappa shape index (κ1) is 12.6. The molecule has 6 heteroatoms. The summed E-state index contributed by atoms with van der Waals surface area (Å²) in [4.78, 5) is 24.8. The summed E-state index contributed by atoms with van der Waals surface area (Å²) >= 11 is 0. The normalized spacial score (nSPS) is 34.2. The smallest absolute Gasteiger partial charge is 0.328 e. The predicted molar refractivity (Wildman–Crippen MR) is 66.5 cm³/mol. The highest BCUT2D eigenvalue weighted by molar-refractivity contribution is 5.01. The van der Waals surface area contributed by atoms with Crippen molar-refractivity contribution < 1.29 is 9.50 Å². The Labute approximate surface area is 109 Å². The van der Waals surface area contributed by atoms with Gasteiger partial charge in [-0.15, -0.1) is 0 Å². The Morgan fingerprint density at radius 1 is 1.37 bits per heavy atom. The van der Waals surface area contributed by atoms with Crippen molar-refractivity contribution in [3.63, 3.8) is 0 Å². The van der Waals surface area contributed by atoms with Crippen molar-refractivity contribution in [2.75, 3.05) is 0 Å². The summed E-state index contributed by atoms with van der Waals surface area (Å²) in [6.45, 7) is 0. The monoisotopic (exact) mass is 268 g/mol. The van der Waals surface area contributed by atoms with Crippen LogP contribution in [-0.4, -0.2) is 20.8 Å². The molecule has 0 aliphatic heterocycles. The van der Waals surface area contributed by atoms with Gasteiger partial charge in [-0.05, 0) is 37.5 Å². The lowest BCUT2D eigenvalue weighted by molar-refractivity contribution is 0.0546. The SMILES string of the molecule is O=c1[nH]c(=O)n([C@H]2CC[C@]3(CCC[C@@H]3O)C2)cc1F. The zero-order valence-corrected chi connectivity index (χ0v) is 10.6. The highest BCUT2D eigenvalue weighted by Crippen LogP contribution is 2.53. The molecule has 1 heterocycles. The van der Waals surface area contributed by atoms with Gasteiger partial charge in [0, 0.05) is 6.04 Å². The van der Waals surface area contributed by atoms with Gasteiger partial charge in [-0.2, -0.15) is 4.39 Å². The lowest BCUT2D eigenvalue weighted by atomic mass is 9.82. The number of nitrogens with zero attached hydrogens (tertiary/aromatic N) is 1. The molecular formula is C13H17FN2O3. The molecule has 5 nitrogen and oxygen atoms in total. The van der Waals surface area contributed by atoms with E-state index < -0.39 is 17.1 Å². The third kappa shape index (κ3) is 1.94. The zero-order valence-electron chi connectivity index (χ0n) is 10.6. The lowest BCUT2D eigenvalue weighted by Crippen LogP contribution is -2.34. The number of aromatic amines is 1. The molecule has 2 aliphatic carbocycles. The van der Waals surface area contributed by atoms with E-state index in [0.717, 1.165) is 38.3 Å². The first-order valence-corrected chi connectivity index (χ1v) is 6.71. The Morgan fingerprint density at radius 3 is 2.84 bits per heavy atom. The Hall–Kier alpha value is -1.43. The van der Waals surface area contributed by atoms with Crippen molar-refractivity contribution in [3.8, 4) is 0 Å². The minimum absolute atomic E-state index is 0.114. The lowest BCUT2D eigenvalue weighted by Gasteiger charge is -2.27. The van der Waals surface area contributed by atoms with Crippen LogP contribution in [-0.2, 0) is 0 Å². The second kappa shape index (κ2) is 4.30. The number of hydrogen-bond acceptors (Lipinski definition) is 3. The average Bonchev–Trinajstić information content (AvgIpc) is 2.94. The molecule has 19 heavy (non-hydrogen) atoms. The summed E-state index contributed by atoms with van der Waals surface area (Å²) in [5, 5.41) is 10.1. The fourth-order valence-corrected chi connectivity index (χ4v) is 3.75. The van der Waals surface area contributed by atoms with Gasteiger partial charge in [-0.1, -0.05) is 6.42 Å². The first-order chi connectivity index (χ1) is 9.02. The molecule has 0 unspecified atom stereocenters. The highest BCUT2D eigenvalue weighted by atomic mass is 19.1. The van der Waals surface area contributed by atoms with Crippen LogP contribution >= 0.6 is 0 Å². The van der Waals surface area contributed by atoms with Gasteiger partial charge in [0.2, 0.25) is 5.82 Å².